The van der Waals surface area contributed by atoms with E-state index >= 15 is 0 Å². The third-order valence-electron chi connectivity index (χ3n) is 3.37. The van der Waals surface area contributed by atoms with E-state index in [9.17, 15) is 13.2 Å². The molecule has 2 nitrogen and oxygen atoms in total. The van der Waals surface area contributed by atoms with E-state index in [0.29, 0.717) is 16.4 Å². The predicted molar refractivity (Wildman–Crippen MR) is 86.2 cm³/mol. The molecule has 7 heteroatoms. The minimum atomic E-state index is -4.38. The molecule has 0 unspecified atom stereocenters. The van der Waals surface area contributed by atoms with E-state index in [0.717, 1.165) is 28.7 Å². The number of halogens is 5. The number of aryl methyl sites for hydroxylation is 1. The predicted octanol–water partition coefficient (Wildman–Crippen LogP) is 2.96. The van der Waals surface area contributed by atoms with Crippen molar-refractivity contribution in [3.63, 3.8) is 0 Å². The van der Waals surface area contributed by atoms with Gasteiger partial charge in [0.25, 0.3) is 0 Å². The molecule has 0 bridgehead atoms. The van der Waals surface area contributed by atoms with Gasteiger partial charge in [0.05, 0.1) is 11.1 Å². The van der Waals surface area contributed by atoms with Gasteiger partial charge in [0.1, 0.15) is 0 Å². The maximum absolute atomic E-state index is 12.8. The minimum Gasteiger partial charge on any atom is -1.00 e. The smallest absolute Gasteiger partial charge is 0.416 e. The van der Waals surface area contributed by atoms with E-state index in [1.54, 1.807) is 30.3 Å². The molecule has 24 heavy (non-hydrogen) atoms. The summed E-state index contributed by atoms with van der Waals surface area (Å²) in [5.41, 5.74) is 1.80. The third-order valence-corrected chi connectivity index (χ3v) is 3.60. The average Bonchev–Trinajstić information content (AvgIpc) is 2.47. The van der Waals surface area contributed by atoms with Gasteiger partial charge in [-0.15, -0.1) is 0 Å². The summed E-state index contributed by atoms with van der Waals surface area (Å²) in [6.07, 6.45) is -4.38. The molecule has 1 heterocycles. The molecule has 3 rings (SSSR count). The van der Waals surface area contributed by atoms with Crippen LogP contribution >= 0.6 is 11.6 Å². The summed E-state index contributed by atoms with van der Waals surface area (Å²) in [5.74, 6) is 0. The Kier molecular flexibility index (Phi) is 5.26. The summed E-state index contributed by atoms with van der Waals surface area (Å²) < 4.78 is 38.5. The molecule has 0 saturated heterocycles. The largest absolute Gasteiger partial charge is 1.00 e. The Balaban J connectivity index is 0.00000208. The fraction of sp³-hybridized carbons (Fsp3) is 0.118. The van der Waals surface area contributed by atoms with Gasteiger partial charge in [0, 0.05) is 27.5 Å². The lowest BCUT2D eigenvalue weighted by molar-refractivity contribution is -0.137. The highest BCUT2D eigenvalue weighted by Gasteiger charge is 2.30. The lowest BCUT2D eigenvalue weighted by atomic mass is 10.1. The van der Waals surface area contributed by atoms with Crippen LogP contribution < -0.4 is 17.7 Å². The highest BCUT2D eigenvalue weighted by atomic mass is 35.5. The van der Waals surface area contributed by atoms with E-state index in [1.165, 1.54) is 6.07 Å². The SMILES string of the molecule is Cc1cc(Nc2cccc(C(F)(F)F)c2)c2cc(Cl)ccc2n1.[Cl-]. The molecular weight excluding hydrogens is 360 g/mol. The van der Waals surface area contributed by atoms with Crippen LogP contribution in [0.15, 0.2) is 48.5 Å². The van der Waals surface area contributed by atoms with Gasteiger partial charge < -0.3 is 17.7 Å². The molecule has 0 aliphatic rings. The lowest BCUT2D eigenvalue weighted by Gasteiger charge is -2.13. The first kappa shape index (κ1) is 18.4. The molecule has 1 N–H and O–H groups in total. The monoisotopic (exact) mass is 371 g/mol. The maximum atomic E-state index is 12.8. The number of nitrogens with zero attached hydrogens (tertiary/aromatic N) is 1. The molecule has 2 aromatic carbocycles. The van der Waals surface area contributed by atoms with Crippen LogP contribution in [0.3, 0.4) is 0 Å². The highest BCUT2D eigenvalue weighted by molar-refractivity contribution is 6.31. The normalized spacial score (nSPS) is 11.2. The minimum absolute atomic E-state index is 0. The maximum Gasteiger partial charge on any atom is 0.416 e. The van der Waals surface area contributed by atoms with Crippen molar-refractivity contribution in [2.75, 3.05) is 5.32 Å². The first-order valence-electron chi connectivity index (χ1n) is 6.84. The van der Waals surface area contributed by atoms with Crippen molar-refractivity contribution in [2.24, 2.45) is 0 Å². The first-order chi connectivity index (χ1) is 10.8. The van der Waals surface area contributed by atoms with Crippen LogP contribution in [0.4, 0.5) is 24.5 Å². The molecule has 0 saturated carbocycles. The van der Waals surface area contributed by atoms with Crippen LogP contribution in [0.1, 0.15) is 11.3 Å². The molecule has 126 valence electrons. The van der Waals surface area contributed by atoms with Crippen LogP contribution in [0.5, 0.6) is 0 Å². The van der Waals surface area contributed by atoms with Gasteiger partial charge in [0.2, 0.25) is 0 Å². The number of pyridine rings is 1. The van der Waals surface area contributed by atoms with Crippen molar-refractivity contribution in [3.8, 4) is 0 Å². The Bertz CT molecular complexity index is 879. The van der Waals surface area contributed by atoms with Crippen LogP contribution in [0.25, 0.3) is 10.9 Å². The van der Waals surface area contributed by atoms with Gasteiger partial charge in [-0.3, -0.25) is 4.98 Å². The second kappa shape index (κ2) is 6.87. The van der Waals surface area contributed by atoms with E-state index in [-0.39, 0.29) is 12.4 Å². The third kappa shape index (κ3) is 3.91. The topological polar surface area (TPSA) is 24.9 Å². The number of alkyl halides is 3. The summed E-state index contributed by atoms with van der Waals surface area (Å²) in [7, 11) is 0. The number of hydrogen-bond acceptors (Lipinski definition) is 2. The van der Waals surface area contributed by atoms with E-state index in [1.807, 2.05) is 6.92 Å². The lowest BCUT2D eigenvalue weighted by Crippen LogP contribution is -3.00. The summed E-state index contributed by atoms with van der Waals surface area (Å²) in [4.78, 5) is 4.40. The zero-order valence-corrected chi connectivity index (χ0v) is 14.0. The molecule has 0 aliphatic heterocycles. The van der Waals surface area contributed by atoms with Gasteiger partial charge in [-0.25, -0.2) is 0 Å². The van der Waals surface area contributed by atoms with E-state index in [2.05, 4.69) is 10.3 Å². The van der Waals surface area contributed by atoms with Crippen molar-refractivity contribution in [3.05, 3.63) is 64.8 Å². The summed E-state index contributed by atoms with van der Waals surface area (Å²) in [6.45, 7) is 1.82. The molecule has 0 amide bonds. The Hall–Kier alpha value is -1.98. The van der Waals surface area contributed by atoms with Gasteiger partial charge in [-0.05, 0) is 49.4 Å². The number of hydrogen-bond donors (Lipinski definition) is 1. The van der Waals surface area contributed by atoms with Crippen LogP contribution in [0.2, 0.25) is 5.02 Å². The molecule has 0 atom stereocenters. The van der Waals surface area contributed by atoms with Gasteiger partial charge in [0.15, 0.2) is 0 Å². The fourth-order valence-electron chi connectivity index (χ4n) is 2.36. The van der Waals surface area contributed by atoms with Crippen LogP contribution in [0, 0.1) is 6.92 Å². The van der Waals surface area contributed by atoms with Gasteiger partial charge in [-0.2, -0.15) is 13.2 Å². The quantitative estimate of drug-likeness (QED) is 0.748. The number of benzene rings is 2. The number of aromatic nitrogens is 1. The van der Waals surface area contributed by atoms with Gasteiger partial charge >= 0.3 is 6.18 Å². The number of anilines is 2. The summed E-state index contributed by atoms with van der Waals surface area (Å²) >= 11 is 6.01. The molecule has 0 fully saturated rings. The van der Waals surface area contributed by atoms with Crippen molar-refractivity contribution in [1.82, 2.24) is 4.98 Å². The van der Waals surface area contributed by atoms with E-state index < -0.39 is 11.7 Å². The summed E-state index contributed by atoms with van der Waals surface area (Å²) in [6, 6.07) is 12.1. The highest BCUT2D eigenvalue weighted by Crippen LogP contribution is 2.33. The van der Waals surface area contributed by atoms with Crippen molar-refractivity contribution < 1.29 is 25.6 Å². The van der Waals surface area contributed by atoms with Crippen molar-refractivity contribution in [2.45, 2.75) is 13.1 Å². The number of fused-ring (bicyclic) bond motifs is 1. The number of rotatable bonds is 2. The Morgan fingerprint density at radius 1 is 1.04 bits per heavy atom. The van der Waals surface area contributed by atoms with Gasteiger partial charge in [-0.1, -0.05) is 17.7 Å². The second-order valence-electron chi connectivity index (χ2n) is 5.18. The van der Waals surface area contributed by atoms with Crippen molar-refractivity contribution >= 4 is 33.9 Å². The first-order valence-corrected chi connectivity index (χ1v) is 7.22. The van der Waals surface area contributed by atoms with Crippen LogP contribution in [-0.4, -0.2) is 4.98 Å². The fourth-order valence-corrected chi connectivity index (χ4v) is 2.53. The van der Waals surface area contributed by atoms with Crippen LogP contribution in [-0.2, 0) is 6.18 Å². The average molecular weight is 372 g/mol. The van der Waals surface area contributed by atoms with Crippen molar-refractivity contribution in [1.29, 1.82) is 0 Å². The Labute approximate surface area is 148 Å². The zero-order valence-electron chi connectivity index (χ0n) is 12.5. The molecule has 0 aliphatic carbocycles. The molecular formula is C17H12Cl2F3N2-. The second-order valence-corrected chi connectivity index (χ2v) is 5.61. The Morgan fingerprint density at radius 3 is 2.50 bits per heavy atom. The molecule has 0 radical (unpaired) electrons. The standard InChI is InChI=1S/C17H12ClF3N2.ClH/c1-10-7-16(14-9-12(18)5-6-15(14)22-10)23-13-4-2-3-11(8-13)17(19,20)21;/h2-9H,1H3,(H,22,23);1H/p-1. The summed E-state index contributed by atoms with van der Waals surface area (Å²) in [5, 5.41) is 4.32. The Morgan fingerprint density at radius 2 is 1.79 bits per heavy atom. The van der Waals surface area contributed by atoms with E-state index in [4.69, 9.17) is 11.6 Å². The molecule has 3 aromatic rings. The zero-order chi connectivity index (χ0) is 16.6. The number of nitrogens with one attached hydrogen (secondary N) is 1. The molecule has 1 aromatic heterocycles. The molecule has 0 spiro atoms.